The molecule has 1 aromatic carbocycles. The molecule has 96 valence electrons. The van der Waals surface area contributed by atoms with E-state index in [1.807, 2.05) is 36.0 Å². The molecule has 0 bridgehead atoms. The van der Waals surface area contributed by atoms with E-state index in [-0.39, 0.29) is 5.54 Å². The Kier molecular flexibility index (Phi) is 2.94. The highest BCUT2D eigenvalue weighted by Gasteiger charge is 2.50. The normalized spacial score (nSPS) is 31.1. The van der Waals surface area contributed by atoms with Gasteiger partial charge in [-0.15, -0.1) is 0 Å². The van der Waals surface area contributed by atoms with Gasteiger partial charge in [0.15, 0.2) is 5.96 Å². The quantitative estimate of drug-likeness (QED) is 0.861. The number of thioether (sulfide) groups is 1. The Labute approximate surface area is 116 Å². The molecular weight excluding hydrogens is 266 g/mol. The SMILES string of the molecule is CC1SCCC12CN=C(N)N2c1ccc(Cl)cc1. The maximum Gasteiger partial charge on any atom is 0.196 e. The van der Waals surface area contributed by atoms with Gasteiger partial charge in [0, 0.05) is 16.0 Å². The van der Waals surface area contributed by atoms with Crippen LogP contribution >= 0.6 is 23.4 Å². The van der Waals surface area contributed by atoms with Crippen LogP contribution in [-0.2, 0) is 0 Å². The van der Waals surface area contributed by atoms with Crippen LogP contribution in [0, 0.1) is 0 Å². The van der Waals surface area contributed by atoms with Gasteiger partial charge in [-0.05, 0) is 36.4 Å². The van der Waals surface area contributed by atoms with Crippen LogP contribution in [0.15, 0.2) is 29.3 Å². The van der Waals surface area contributed by atoms with Gasteiger partial charge in [-0.1, -0.05) is 18.5 Å². The molecule has 2 unspecified atom stereocenters. The maximum atomic E-state index is 6.10. The molecule has 2 aliphatic heterocycles. The van der Waals surface area contributed by atoms with E-state index in [1.54, 1.807) is 0 Å². The van der Waals surface area contributed by atoms with Gasteiger partial charge in [0.25, 0.3) is 0 Å². The van der Waals surface area contributed by atoms with Crippen molar-refractivity contribution in [2.45, 2.75) is 24.1 Å². The number of guanidine groups is 1. The number of anilines is 1. The Morgan fingerprint density at radius 2 is 2.17 bits per heavy atom. The van der Waals surface area contributed by atoms with Crippen molar-refractivity contribution in [2.75, 3.05) is 17.2 Å². The zero-order valence-electron chi connectivity index (χ0n) is 10.3. The van der Waals surface area contributed by atoms with Crippen LogP contribution in [0.4, 0.5) is 5.69 Å². The summed E-state index contributed by atoms with van der Waals surface area (Å²) >= 11 is 7.95. The number of hydrogen-bond acceptors (Lipinski definition) is 4. The average molecular weight is 282 g/mol. The summed E-state index contributed by atoms with van der Waals surface area (Å²) < 4.78 is 0. The highest BCUT2D eigenvalue weighted by atomic mass is 35.5. The Balaban J connectivity index is 2.02. The van der Waals surface area contributed by atoms with Crippen LogP contribution in [0.2, 0.25) is 5.02 Å². The monoisotopic (exact) mass is 281 g/mol. The first-order chi connectivity index (χ1) is 8.63. The van der Waals surface area contributed by atoms with Crippen LogP contribution in [0.3, 0.4) is 0 Å². The molecular formula is C13H16ClN3S. The second kappa shape index (κ2) is 4.35. The first-order valence-electron chi connectivity index (χ1n) is 6.11. The van der Waals surface area contributed by atoms with Crippen LogP contribution in [-0.4, -0.2) is 29.0 Å². The second-order valence-electron chi connectivity index (χ2n) is 4.85. The Morgan fingerprint density at radius 1 is 1.44 bits per heavy atom. The summed E-state index contributed by atoms with van der Waals surface area (Å²) in [5.74, 6) is 1.81. The van der Waals surface area contributed by atoms with Crippen LogP contribution in [0.1, 0.15) is 13.3 Å². The fourth-order valence-corrected chi connectivity index (χ4v) is 4.40. The molecule has 1 aromatic rings. The lowest BCUT2D eigenvalue weighted by atomic mass is 9.91. The summed E-state index contributed by atoms with van der Waals surface area (Å²) in [6, 6.07) is 7.85. The number of nitrogens with two attached hydrogens (primary N) is 1. The molecule has 3 nitrogen and oxygen atoms in total. The average Bonchev–Trinajstić information content (AvgIpc) is 2.88. The molecule has 2 heterocycles. The van der Waals surface area contributed by atoms with E-state index >= 15 is 0 Å². The maximum absolute atomic E-state index is 6.10. The van der Waals surface area contributed by atoms with Gasteiger partial charge in [0.2, 0.25) is 0 Å². The molecule has 3 rings (SSSR count). The molecule has 0 aromatic heterocycles. The minimum Gasteiger partial charge on any atom is -0.369 e. The molecule has 0 amide bonds. The lowest BCUT2D eigenvalue weighted by Gasteiger charge is -2.39. The van der Waals surface area contributed by atoms with Gasteiger partial charge in [0.1, 0.15) is 0 Å². The first-order valence-corrected chi connectivity index (χ1v) is 7.53. The minimum atomic E-state index is 0.0581. The standard InChI is InChI=1S/C13H16ClN3S/c1-9-13(6-7-18-9)8-16-12(15)17(13)11-4-2-10(14)3-5-11/h2-5,9H,6-8H2,1H3,(H2,15,16). The molecule has 2 N–H and O–H groups in total. The van der Waals surface area contributed by atoms with Gasteiger partial charge >= 0.3 is 0 Å². The third kappa shape index (κ3) is 1.70. The van der Waals surface area contributed by atoms with E-state index in [1.165, 1.54) is 5.75 Å². The third-order valence-corrected chi connectivity index (χ3v) is 5.56. The number of nitrogens with zero attached hydrogens (tertiary/aromatic N) is 2. The van der Waals surface area contributed by atoms with Crippen LogP contribution < -0.4 is 10.6 Å². The number of rotatable bonds is 1. The highest BCUT2D eigenvalue weighted by Crippen LogP contribution is 2.44. The molecule has 18 heavy (non-hydrogen) atoms. The van der Waals surface area contributed by atoms with E-state index in [4.69, 9.17) is 17.3 Å². The van der Waals surface area contributed by atoms with Crippen molar-refractivity contribution in [3.05, 3.63) is 29.3 Å². The van der Waals surface area contributed by atoms with Gasteiger partial charge in [-0.2, -0.15) is 11.8 Å². The van der Waals surface area contributed by atoms with E-state index in [0.717, 1.165) is 23.7 Å². The fraction of sp³-hybridized carbons (Fsp3) is 0.462. The summed E-state index contributed by atoms with van der Waals surface area (Å²) in [4.78, 5) is 6.68. The molecule has 5 heteroatoms. The number of hydrogen-bond donors (Lipinski definition) is 1. The molecule has 1 saturated heterocycles. The fourth-order valence-electron chi connectivity index (χ4n) is 2.84. The molecule has 1 spiro atoms. The largest absolute Gasteiger partial charge is 0.369 e. The Bertz CT molecular complexity index is 488. The van der Waals surface area contributed by atoms with Crippen molar-refractivity contribution in [2.24, 2.45) is 10.7 Å². The van der Waals surface area contributed by atoms with Crippen molar-refractivity contribution in [3.8, 4) is 0 Å². The number of aliphatic imine (C=N–C) groups is 1. The number of benzene rings is 1. The third-order valence-electron chi connectivity index (χ3n) is 3.93. The van der Waals surface area contributed by atoms with E-state index in [9.17, 15) is 0 Å². The molecule has 0 saturated carbocycles. The first kappa shape index (κ1) is 12.2. The highest BCUT2D eigenvalue weighted by molar-refractivity contribution is 8.00. The van der Waals surface area contributed by atoms with Gasteiger partial charge < -0.3 is 10.6 Å². The zero-order valence-corrected chi connectivity index (χ0v) is 11.8. The van der Waals surface area contributed by atoms with Crippen LogP contribution in [0.25, 0.3) is 0 Å². The van der Waals surface area contributed by atoms with Gasteiger partial charge in [0.05, 0.1) is 12.1 Å². The summed E-state index contributed by atoms with van der Waals surface area (Å²) in [7, 11) is 0. The van der Waals surface area contributed by atoms with Crippen molar-refractivity contribution < 1.29 is 0 Å². The van der Waals surface area contributed by atoms with Crippen LogP contribution in [0.5, 0.6) is 0 Å². The van der Waals surface area contributed by atoms with E-state index in [0.29, 0.717) is 11.2 Å². The molecule has 2 aliphatic rings. The van der Waals surface area contributed by atoms with Crippen molar-refractivity contribution in [1.82, 2.24) is 0 Å². The lowest BCUT2D eigenvalue weighted by molar-refractivity contribution is 0.460. The smallest absolute Gasteiger partial charge is 0.196 e. The predicted molar refractivity (Wildman–Crippen MR) is 79.7 cm³/mol. The summed E-state index contributed by atoms with van der Waals surface area (Å²) in [5, 5.41) is 1.29. The van der Waals surface area contributed by atoms with E-state index in [2.05, 4.69) is 16.8 Å². The molecule has 0 aliphatic carbocycles. The Morgan fingerprint density at radius 3 is 2.78 bits per heavy atom. The van der Waals surface area contributed by atoms with Gasteiger partial charge in [-0.25, -0.2) is 0 Å². The molecule has 2 atom stereocenters. The summed E-state index contributed by atoms with van der Waals surface area (Å²) in [6.45, 7) is 3.07. The van der Waals surface area contributed by atoms with Gasteiger partial charge in [-0.3, -0.25) is 4.99 Å². The molecule has 0 radical (unpaired) electrons. The second-order valence-corrected chi connectivity index (χ2v) is 6.74. The van der Waals surface area contributed by atoms with Crippen molar-refractivity contribution >= 4 is 35.0 Å². The Hall–Kier alpha value is -0.870. The molecule has 1 fully saturated rings. The number of halogens is 1. The topological polar surface area (TPSA) is 41.6 Å². The summed E-state index contributed by atoms with van der Waals surface area (Å²) in [5.41, 5.74) is 7.25. The minimum absolute atomic E-state index is 0.0581. The van der Waals surface area contributed by atoms with Crippen molar-refractivity contribution in [3.63, 3.8) is 0 Å². The lowest BCUT2D eigenvalue weighted by Crippen LogP contribution is -2.55. The predicted octanol–water partition coefficient (Wildman–Crippen LogP) is 2.74. The van der Waals surface area contributed by atoms with E-state index < -0.39 is 0 Å². The zero-order chi connectivity index (χ0) is 12.8. The van der Waals surface area contributed by atoms with Crippen molar-refractivity contribution in [1.29, 1.82) is 0 Å². The summed E-state index contributed by atoms with van der Waals surface area (Å²) in [6.07, 6.45) is 1.13.